The van der Waals surface area contributed by atoms with Crippen molar-refractivity contribution in [2.45, 2.75) is 32.7 Å². The molecule has 1 aromatic heterocycles. The van der Waals surface area contributed by atoms with Crippen LogP contribution in [0.5, 0.6) is 0 Å². The molecule has 0 bridgehead atoms. The summed E-state index contributed by atoms with van der Waals surface area (Å²) in [5, 5.41) is 13.3. The molecule has 1 fully saturated rings. The molecule has 7 nitrogen and oxygen atoms in total. The minimum absolute atomic E-state index is 0.0542. The lowest BCUT2D eigenvalue weighted by Crippen LogP contribution is -2.37. The van der Waals surface area contributed by atoms with Gasteiger partial charge < -0.3 is 10.0 Å². The first kappa shape index (κ1) is 15.2. The van der Waals surface area contributed by atoms with Gasteiger partial charge in [-0.25, -0.2) is 9.67 Å². The summed E-state index contributed by atoms with van der Waals surface area (Å²) in [6, 6.07) is 7.04. The summed E-state index contributed by atoms with van der Waals surface area (Å²) >= 11 is 0. The standard InChI is InChI=1S/C16H18N4O3/c1-10-17-11(2)20(18-10)14-5-3-12(4-6-14)16(23)19(9-15(21)22)13-7-8-13/h3-6,13H,7-9H2,1-2H3,(H,21,22). The molecule has 3 rings (SSSR count). The summed E-state index contributed by atoms with van der Waals surface area (Å²) in [4.78, 5) is 29.1. The van der Waals surface area contributed by atoms with E-state index in [0.29, 0.717) is 11.4 Å². The molecule has 0 unspecified atom stereocenters. The highest BCUT2D eigenvalue weighted by Gasteiger charge is 2.34. The summed E-state index contributed by atoms with van der Waals surface area (Å²) in [5.74, 6) is 0.222. The van der Waals surface area contributed by atoms with Gasteiger partial charge in [0, 0.05) is 11.6 Å². The number of carboxylic acids is 1. The molecule has 0 saturated heterocycles. The number of rotatable bonds is 5. The lowest BCUT2D eigenvalue weighted by Gasteiger charge is -2.20. The van der Waals surface area contributed by atoms with E-state index in [1.165, 1.54) is 4.90 Å². The van der Waals surface area contributed by atoms with Crippen molar-refractivity contribution < 1.29 is 14.7 Å². The fourth-order valence-electron chi connectivity index (χ4n) is 2.58. The van der Waals surface area contributed by atoms with E-state index in [-0.39, 0.29) is 18.5 Å². The normalized spacial score (nSPS) is 13.8. The van der Waals surface area contributed by atoms with Crippen LogP contribution in [-0.4, -0.2) is 49.2 Å². The number of nitrogens with zero attached hydrogens (tertiary/aromatic N) is 4. The van der Waals surface area contributed by atoms with E-state index in [9.17, 15) is 9.59 Å². The van der Waals surface area contributed by atoms with Crippen LogP contribution in [0.15, 0.2) is 24.3 Å². The van der Waals surface area contributed by atoms with Crippen LogP contribution in [0.25, 0.3) is 5.69 Å². The summed E-state index contributed by atoms with van der Waals surface area (Å²) in [7, 11) is 0. The van der Waals surface area contributed by atoms with E-state index in [1.54, 1.807) is 28.9 Å². The molecule has 2 aromatic rings. The van der Waals surface area contributed by atoms with Crippen LogP contribution >= 0.6 is 0 Å². The second-order valence-electron chi connectivity index (χ2n) is 5.72. The van der Waals surface area contributed by atoms with Crippen LogP contribution < -0.4 is 0 Å². The van der Waals surface area contributed by atoms with Gasteiger partial charge in [-0.15, -0.1) is 0 Å². The number of aromatic nitrogens is 3. The topological polar surface area (TPSA) is 88.3 Å². The fourth-order valence-corrected chi connectivity index (χ4v) is 2.58. The highest BCUT2D eigenvalue weighted by molar-refractivity contribution is 5.96. The Bertz CT molecular complexity index is 747. The molecule has 0 atom stereocenters. The van der Waals surface area contributed by atoms with Gasteiger partial charge in [-0.2, -0.15) is 5.10 Å². The molecule has 0 spiro atoms. The SMILES string of the molecule is Cc1nc(C)n(-c2ccc(C(=O)N(CC(=O)O)C3CC3)cc2)n1. The molecule has 1 heterocycles. The van der Waals surface area contributed by atoms with Gasteiger partial charge in [0.2, 0.25) is 0 Å². The number of benzene rings is 1. The predicted octanol–water partition coefficient (Wildman–Crippen LogP) is 1.57. The molecule has 1 N–H and O–H groups in total. The van der Waals surface area contributed by atoms with E-state index in [1.807, 2.05) is 13.8 Å². The molecule has 1 saturated carbocycles. The molecule has 120 valence electrons. The predicted molar refractivity (Wildman–Crippen MR) is 82.5 cm³/mol. The molecule has 1 aliphatic carbocycles. The van der Waals surface area contributed by atoms with Crippen molar-refractivity contribution >= 4 is 11.9 Å². The molecule has 0 aliphatic heterocycles. The number of amides is 1. The van der Waals surface area contributed by atoms with Crippen molar-refractivity contribution in [3.05, 3.63) is 41.5 Å². The maximum absolute atomic E-state index is 12.5. The Morgan fingerprint density at radius 1 is 1.26 bits per heavy atom. The van der Waals surface area contributed by atoms with Crippen LogP contribution in [0.1, 0.15) is 34.8 Å². The molecular formula is C16H18N4O3. The Labute approximate surface area is 133 Å². The number of hydrogen-bond acceptors (Lipinski definition) is 4. The second kappa shape index (κ2) is 5.83. The Balaban J connectivity index is 1.82. The van der Waals surface area contributed by atoms with Crippen molar-refractivity contribution in [3.8, 4) is 5.69 Å². The summed E-state index contributed by atoms with van der Waals surface area (Å²) in [6.45, 7) is 3.42. The lowest BCUT2D eigenvalue weighted by molar-refractivity contribution is -0.137. The van der Waals surface area contributed by atoms with Gasteiger partial charge in [0.15, 0.2) is 0 Å². The Morgan fingerprint density at radius 3 is 2.39 bits per heavy atom. The van der Waals surface area contributed by atoms with Crippen LogP contribution in [0, 0.1) is 13.8 Å². The largest absolute Gasteiger partial charge is 0.480 e. The highest BCUT2D eigenvalue weighted by atomic mass is 16.4. The number of carbonyl (C=O) groups is 2. The fraction of sp³-hybridized carbons (Fsp3) is 0.375. The highest BCUT2D eigenvalue weighted by Crippen LogP contribution is 2.28. The maximum Gasteiger partial charge on any atom is 0.323 e. The van der Waals surface area contributed by atoms with Crippen LogP contribution in [-0.2, 0) is 4.79 Å². The van der Waals surface area contributed by atoms with E-state index in [2.05, 4.69) is 10.1 Å². The maximum atomic E-state index is 12.5. The molecule has 0 radical (unpaired) electrons. The quantitative estimate of drug-likeness (QED) is 0.905. The Kier molecular flexibility index (Phi) is 3.85. The number of aliphatic carboxylic acids is 1. The monoisotopic (exact) mass is 314 g/mol. The first-order chi connectivity index (χ1) is 11.0. The molecular weight excluding hydrogens is 296 g/mol. The van der Waals surface area contributed by atoms with Gasteiger partial charge >= 0.3 is 5.97 Å². The average Bonchev–Trinajstić information content (AvgIpc) is 3.29. The number of aryl methyl sites for hydroxylation is 2. The van der Waals surface area contributed by atoms with E-state index in [4.69, 9.17) is 5.11 Å². The zero-order valence-corrected chi connectivity index (χ0v) is 13.1. The van der Waals surface area contributed by atoms with Crippen molar-refractivity contribution in [2.75, 3.05) is 6.54 Å². The lowest BCUT2D eigenvalue weighted by atomic mass is 10.1. The van der Waals surface area contributed by atoms with Crippen molar-refractivity contribution in [1.29, 1.82) is 0 Å². The summed E-state index contributed by atoms with van der Waals surface area (Å²) in [5.41, 5.74) is 1.30. The van der Waals surface area contributed by atoms with Gasteiger partial charge in [0.05, 0.1) is 5.69 Å². The van der Waals surface area contributed by atoms with Gasteiger partial charge in [0.1, 0.15) is 18.2 Å². The third kappa shape index (κ3) is 3.23. The second-order valence-corrected chi connectivity index (χ2v) is 5.72. The first-order valence-corrected chi connectivity index (χ1v) is 7.49. The van der Waals surface area contributed by atoms with Crippen molar-refractivity contribution in [3.63, 3.8) is 0 Å². The smallest absolute Gasteiger partial charge is 0.323 e. The van der Waals surface area contributed by atoms with Crippen LogP contribution in [0.4, 0.5) is 0 Å². The molecule has 7 heteroatoms. The van der Waals surface area contributed by atoms with Gasteiger partial charge in [-0.1, -0.05) is 0 Å². The van der Waals surface area contributed by atoms with Crippen molar-refractivity contribution in [2.24, 2.45) is 0 Å². The van der Waals surface area contributed by atoms with Gasteiger partial charge in [0.25, 0.3) is 5.91 Å². The Hall–Kier alpha value is -2.70. The van der Waals surface area contributed by atoms with E-state index in [0.717, 1.165) is 24.4 Å². The minimum Gasteiger partial charge on any atom is -0.480 e. The van der Waals surface area contributed by atoms with Crippen LogP contribution in [0.2, 0.25) is 0 Å². The number of carboxylic acid groups (broad SMARTS) is 1. The van der Waals surface area contributed by atoms with Gasteiger partial charge in [-0.05, 0) is 51.0 Å². The third-order valence-corrected chi connectivity index (χ3v) is 3.79. The van der Waals surface area contributed by atoms with Crippen LogP contribution in [0.3, 0.4) is 0 Å². The summed E-state index contributed by atoms with van der Waals surface area (Å²) in [6.07, 6.45) is 1.74. The molecule has 1 aromatic carbocycles. The van der Waals surface area contributed by atoms with Crippen molar-refractivity contribution in [1.82, 2.24) is 19.7 Å². The molecule has 23 heavy (non-hydrogen) atoms. The third-order valence-electron chi connectivity index (χ3n) is 3.79. The average molecular weight is 314 g/mol. The first-order valence-electron chi connectivity index (χ1n) is 7.49. The number of hydrogen-bond donors (Lipinski definition) is 1. The molecule has 1 amide bonds. The number of carbonyl (C=O) groups excluding carboxylic acids is 1. The summed E-state index contributed by atoms with van der Waals surface area (Å²) < 4.78 is 1.71. The molecule has 1 aliphatic rings. The Morgan fingerprint density at radius 2 is 1.91 bits per heavy atom. The minimum atomic E-state index is -0.990. The zero-order valence-electron chi connectivity index (χ0n) is 13.1. The van der Waals surface area contributed by atoms with E-state index >= 15 is 0 Å². The van der Waals surface area contributed by atoms with E-state index < -0.39 is 5.97 Å². The van der Waals surface area contributed by atoms with Gasteiger partial charge in [-0.3, -0.25) is 9.59 Å². The zero-order chi connectivity index (χ0) is 16.6.